The molecule has 1 atom stereocenters. The average Bonchev–Trinajstić information content (AvgIpc) is 2.92. The normalized spacial score (nSPS) is 11.8. The number of benzene rings is 1. The molecule has 0 fully saturated rings. The van der Waals surface area contributed by atoms with E-state index in [-0.39, 0.29) is 12.1 Å². The summed E-state index contributed by atoms with van der Waals surface area (Å²) in [5.41, 5.74) is 1.91. The van der Waals surface area contributed by atoms with Gasteiger partial charge in [-0.3, -0.25) is 0 Å². The Morgan fingerprint density at radius 3 is 2.68 bits per heavy atom. The zero-order chi connectivity index (χ0) is 15.9. The molecule has 0 aliphatic rings. The average molecular weight is 319 g/mol. The molecule has 0 bridgehead atoms. The van der Waals surface area contributed by atoms with Crippen LogP contribution >= 0.6 is 11.3 Å². The number of amides is 2. The molecule has 1 aromatic carbocycles. The first-order valence-corrected chi connectivity index (χ1v) is 8.14. The van der Waals surface area contributed by atoms with Crippen molar-refractivity contribution in [3.05, 3.63) is 45.9 Å². The van der Waals surface area contributed by atoms with E-state index in [2.05, 4.69) is 15.6 Å². The van der Waals surface area contributed by atoms with Crippen LogP contribution in [0.5, 0.6) is 5.75 Å². The van der Waals surface area contributed by atoms with Crippen molar-refractivity contribution in [1.29, 1.82) is 0 Å². The van der Waals surface area contributed by atoms with Gasteiger partial charge in [-0.05, 0) is 38.5 Å². The van der Waals surface area contributed by atoms with Crippen molar-refractivity contribution in [1.82, 2.24) is 15.6 Å². The van der Waals surface area contributed by atoms with E-state index in [0.717, 1.165) is 22.0 Å². The minimum absolute atomic E-state index is 0.0761. The van der Waals surface area contributed by atoms with Crippen LogP contribution in [0.3, 0.4) is 0 Å². The summed E-state index contributed by atoms with van der Waals surface area (Å²) >= 11 is 1.58. The van der Waals surface area contributed by atoms with E-state index in [4.69, 9.17) is 4.74 Å². The molecule has 0 spiro atoms. The van der Waals surface area contributed by atoms with Gasteiger partial charge in [0, 0.05) is 5.38 Å². The summed E-state index contributed by atoms with van der Waals surface area (Å²) in [7, 11) is 0. The van der Waals surface area contributed by atoms with Gasteiger partial charge in [-0.1, -0.05) is 12.1 Å². The van der Waals surface area contributed by atoms with Crippen LogP contribution < -0.4 is 15.4 Å². The van der Waals surface area contributed by atoms with Crippen molar-refractivity contribution < 1.29 is 9.53 Å². The summed E-state index contributed by atoms with van der Waals surface area (Å²) in [5, 5.41) is 8.67. The molecule has 2 aromatic rings. The maximum atomic E-state index is 11.9. The van der Waals surface area contributed by atoms with Gasteiger partial charge in [-0.2, -0.15) is 0 Å². The Hall–Kier alpha value is -2.08. The van der Waals surface area contributed by atoms with Gasteiger partial charge in [0.2, 0.25) is 0 Å². The molecule has 0 aliphatic heterocycles. The zero-order valence-electron chi connectivity index (χ0n) is 13.1. The van der Waals surface area contributed by atoms with E-state index in [1.165, 1.54) is 0 Å². The molecule has 6 heteroatoms. The van der Waals surface area contributed by atoms with Crippen molar-refractivity contribution >= 4 is 17.4 Å². The van der Waals surface area contributed by atoms with Crippen molar-refractivity contribution in [3.63, 3.8) is 0 Å². The van der Waals surface area contributed by atoms with Crippen molar-refractivity contribution in [2.45, 2.75) is 33.4 Å². The van der Waals surface area contributed by atoms with Gasteiger partial charge in [0.25, 0.3) is 0 Å². The topological polar surface area (TPSA) is 63.2 Å². The molecule has 1 aromatic heterocycles. The second-order valence-corrected chi connectivity index (χ2v) is 5.97. The van der Waals surface area contributed by atoms with Gasteiger partial charge in [0.05, 0.1) is 29.9 Å². The Morgan fingerprint density at radius 1 is 1.36 bits per heavy atom. The standard InChI is InChI=1S/C16H21N3O2S/c1-4-21-15-7-5-13(6-8-15)11(2)18-16(20)17-9-14-10-22-12(3)19-14/h5-8,10-11H,4,9H2,1-3H3,(H2,17,18,20). The third-order valence-corrected chi connectivity index (χ3v) is 3.96. The first kappa shape index (κ1) is 16.3. The molecule has 118 valence electrons. The van der Waals surface area contributed by atoms with Gasteiger partial charge in [-0.25, -0.2) is 9.78 Å². The van der Waals surface area contributed by atoms with E-state index < -0.39 is 0 Å². The van der Waals surface area contributed by atoms with E-state index in [9.17, 15) is 4.79 Å². The fraction of sp³-hybridized carbons (Fsp3) is 0.375. The number of ether oxygens (including phenoxy) is 1. The van der Waals surface area contributed by atoms with Gasteiger partial charge >= 0.3 is 6.03 Å². The third kappa shape index (κ3) is 4.73. The number of nitrogens with one attached hydrogen (secondary N) is 2. The molecule has 2 N–H and O–H groups in total. The molecule has 0 aliphatic carbocycles. The highest BCUT2D eigenvalue weighted by Gasteiger charge is 2.10. The first-order valence-electron chi connectivity index (χ1n) is 7.26. The summed E-state index contributed by atoms with van der Waals surface area (Å²) in [6.45, 7) is 6.93. The van der Waals surface area contributed by atoms with E-state index in [1.807, 2.05) is 50.4 Å². The van der Waals surface area contributed by atoms with Crippen LogP contribution in [-0.4, -0.2) is 17.6 Å². The molecule has 0 radical (unpaired) electrons. The Kier molecular flexibility index (Phi) is 5.77. The minimum atomic E-state index is -0.202. The van der Waals surface area contributed by atoms with E-state index in [1.54, 1.807) is 11.3 Å². The number of hydrogen-bond acceptors (Lipinski definition) is 4. The summed E-state index contributed by atoms with van der Waals surface area (Å²) < 4.78 is 5.41. The minimum Gasteiger partial charge on any atom is -0.494 e. The lowest BCUT2D eigenvalue weighted by atomic mass is 10.1. The number of aromatic nitrogens is 1. The van der Waals surface area contributed by atoms with Crippen LogP contribution in [0, 0.1) is 6.92 Å². The third-order valence-electron chi connectivity index (χ3n) is 3.14. The van der Waals surface area contributed by atoms with Crippen LogP contribution in [0.25, 0.3) is 0 Å². The lowest BCUT2D eigenvalue weighted by Gasteiger charge is -2.15. The van der Waals surface area contributed by atoms with Gasteiger partial charge in [0.15, 0.2) is 0 Å². The number of carbonyl (C=O) groups excluding carboxylic acids is 1. The van der Waals surface area contributed by atoms with E-state index in [0.29, 0.717) is 13.2 Å². The predicted molar refractivity (Wildman–Crippen MR) is 88.2 cm³/mol. The lowest BCUT2D eigenvalue weighted by Crippen LogP contribution is -2.36. The van der Waals surface area contributed by atoms with E-state index >= 15 is 0 Å². The second kappa shape index (κ2) is 7.79. The van der Waals surface area contributed by atoms with Gasteiger partial charge in [-0.15, -0.1) is 11.3 Å². The Bertz CT molecular complexity index is 610. The predicted octanol–water partition coefficient (Wildman–Crippen LogP) is 3.41. The SMILES string of the molecule is CCOc1ccc(C(C)NC(=O)NCc2csc(C)n2)cc1. The number of rotatable bonds is 6. The highest BCUT2D eigenvalue weighted by molar-refractivity contribution is 7.09. The van der Waals surface area contributed by atoms with Crippen LogP contribution in [0.1, 0.15) is 36.2 Å². The summed E-state index contributed by atoms with van der Waals surface area (Å²) in [6, 6.07) is 7.46. The molecule has 1 unspecified atom stereocenters. The Morgan fingerprint density at radius 2 is 2.09 bits per heavy atom. The second-order valence-electron chi connectivity index (χ2n) is 4.91. The monoisotopic (exact) mass is 319 g/mol. The van der Waals surface area contributed by atoms with Crippen molar-refractivity contribution in [3.8, 4) is 5.75 Å². The van der Waals surface area contributed by atoms with Crippen LogP contribution in [-0.2, 0) is 6.54 Å². The zero-order valence-corrected chi connectivity index (χ0v) is 13.9. The van der Waals surface area contributed by atoms with Gasteiger partial charge in [0.1, 0.15) is 5.75 Å². The van der Waals surface area contributed by atoms with Crippen LogP contribution in [0.4, 0.5) is 4.79 Å². The largest absolute Gasteiger partial charge is 0.494 e. The fourth-order valence-electron chi connectivity index (χ4n) is 2.01. The molecule has 1 heterocycles. The molecule has 0 saturated carbocycles. The molecule has 2 amide bonds. The highest BCUT2D eigenvalue weighted by atomic mass is 32.1. The molecular weight excluding hydrogens is 298 g/mol. The molecular formula is C16H21N3O2S. The first-order chi connectivity index (χ1) is 10.6. The molecule has 22 heavy (non-hydrogen) atoms. The summed E-state index contributed by atoms with van der Waals surface area (Å²) in [4.78, 5) is 16.2. The number of aryl methyl sites for hydroxylation is 1. The van der Waals surface area contributed by atoms with Gasteiger partial charge < -0.3 is 15.4 Å². The van der Waals surface area contributed by atoms with Crippen LogP contribution in [0.15, 0.2) is 29.6 Å². The fourth-order valence-corrected chi connectivity index (χ4v) is 2.62. The molecule has 0 saturated heterocycles. The number of carbonyl (C=O) groups is 1. The Labute approximate surface area is 134 Å². The summed E-state index contributed by atoms with van der Waals surface area (Å²) in [6.07, 6.45) is 0. The maximum absolute atomic E-state index is 11.9. The highest BCUT2D eigenvalue weighted by Crippen LogP contribution is 2.17. The quantitative estimate of drug-likeness (QED) is 0.857. The number of urea groups is 1. The number of nitrogens with zero attached hydrogens (tertiary/aromatic N) is 1. The van der Waals surface area contributed by atoms with Crippen molar-refractivity contribution in [2.24, 2.45) is 0 Å². The lowest BCUT2D eigenvalue weighted by molar-refractivity contribution is 0.237. The maximum Gasteiger partial charge on any atom is 0.315 e. The Balaban J connectivity index is 1.82. The molecule has 5 nitrogen and oxygen atoms in total. The number of thiazole rings is 1. The van der Waals surface area contributed by atoms with Crippen molar-refractivity contribution in [2.75, 3.05) is 6.61 Å². The van der Waals surface area contributed by atoms with Crippen LogP contribution in [0.2, 0.25) is 0 Å². The molecule has 2 rings (SSSR count). The smallest absolute Gasteiger partial charge is 0.315 e. The number of hydrogen-bond donors (Lipinski definition) is 2. The summed E-state index contributed by atoms with van der Waals surface area (Å²) in [5.74, 6) is 0.835.